The molecule has 2 fully saturated rings. The molecule has 0 bridgehead atoms. The molecule has 0 radical (unpaired) electrons. The molecule has 2 heterocycles. The largest absolute Gasteiger partial charge is 0.367 e. The molecule has 21 heavy (non-hydrogen) atoms. The minimum atomic E-state index is 0.568. The molecule has 0 saturated carbocycles. The van der Waals surface area contributed by atoms with Crippen molar-refractivity contribution in [2.45, 2.75) is 31.2 Å². The van der Waals surface area contributed by atoms with Gasteiger partial charge in [-0.05, 0) is 36.1 Å². The van der Waals surface area contributed by atoms with Gasteiger partial charge >= 0.3 is 0 Å². The maximum absolute atomic E-state index is 9.65. The summed E-state index contributed by atoms with van der Waals surface area (Å²) in [7, 11) is 0. The third kappa shape index (κ3) is 2.54. The zero-order valence-corrected chi connectivity index (χ0v) is 13.6. The van der Waals surface area contributed by atoms with Gasteiger partial charge in [0, 0.05) is 30.6 Å². The minimum Gasteiger partial charge on any atom is -0.367 e. The number of anilines is 1. The van der Waals surface area contributed by atoms with Crippen LogP contribution < -0.4 is 10.2 Å². The molecule has 0 amide bonds. The third-order valence-corrected chi connectivity index (χ3v) is 5.80. The Morgan fingerprint density at radius 1 is 1.38 bits per heavy atom. The van der Waals surface area contributed by atoms with E-state index in [4.69, 9.17) is 0 Å². The van der Waals surface area contributed by atoms with E-state index in [0.29, 0.717) is 6.04 Å². The molecule has 3 nitrogen and oxygen atoms in total. The average molecular weight is 301 g/mol. The molecular formula is C17H23N3S. The fourth-order valence-electron chi connectivity index (χ4n) is 3.97. The predicted molar refractivity (Wildman–Crippen MR) is 88.8 cm³/mol. The van der Waals surface area contributed by atoms with Crippen LogP contribution in [0.2, 0.25) is 0 Å². The number of rotatable bonds is 4. The summed E-state index contributed by atoms with van der Waals surface area (Å²) in [5.74, 6) is 2.48. The molecule has 1 N–H and O–H groups in total. The number of nitrogens with one attached hydrogen (secondary N) is 1. The van der Waals surface area contributed by atoms with E-state index in [2.05, 4.69) is 48.3 Å². The Bertz CT molecular complexity index is 551. The molecule has 4 heteroatoms. The van der Waals surface area contributed by atoms with Gasteiger partial charge in [-0.2, -0.15) is 5.26 Å². The molecule has 2 aliphatic rings. The van der Waals surface area contributed by atoms with Gasteiger partial charge in [0.1, 0.15) is 6.07 Å². The molecule has 1 aromatic rings. The van der Waals surface area contributed by atoms with Gasteiger partial charge in [-0.25, -0.2) is 0 Å². The molecule has 1 aromatic carbocycles. The van der Waals surface area contributed by atoms with E-state index >= 15 is 0 Å². The molecule has 0 spiro atoms. The fourth-order valence-corrected chi connectivity index (χ4v) is 4.75. The van der Waals surface area contributed by atoms with E-state index < -0.39 is 0 Å². The Labute approximate surface area is 131 Å². The van der Waals surface area contributed by atoms with Crippen molar-refractivity contribution in [3.63, 3.8) is 0 Å². The van der Waals surface area contributed by atoms with E-state index in [-0.39, 0.29) is 0 Å². The second kappa shape index (κ2) is 6.29. The highest BCUT2D eigenvalue weighted by Crippen LogP contribution is 2.40. The maximum Gasteiger partial charge on any atom is 0.103 e. The number of benzene rings is 1. The third-order valence-electron chi connectivity index (χ3n) is 4.86. The standard InChI is InChI=1S/C17H23N3S/c1-3-15-14-10-19-9-12(14)11-20(15)16-6-5-7-17(21-4-2)13(16)8-18/h5-7,12,14-15,19H,3-4,9-11H2,1-2H3. The lowest BCUT2D eigenvalue weighted by atomic mass is 9.93. The first-order valence-corrected chi connectivity index (χ1v) is 8.92. The van der Waals surface area contributed by atoms with Crippen molar-refractivity contribution in [2.24, 2.45) is 11.8 Å². The van der Waals surface area contributed by atoms with Gasteiger partial charge < -0.3 is 10.2 Å². The molecule has 112 valence electrons. The van der Waals surface area contributed by atoms with Gasteiger partial charge in [-0.1, -0.05) is 19.9 Å². The molecule has 0 aliphatic carbocycles. The Balaban J connectivity index is 1.97. The van der Waals surface area contributed by atoms with Crippen LogP contribution in [-0.2, 0) is 0 Å². The summed E-state index contributed by atoms with van der Waals surface area (Å²) in [5, 5.41) is 13.2. The van der Waals surface area contributed by atoms with Crippen molar-refractivity contribution in [3.05, 3.63) is 23.8 Å². The first kappa shape index (κ1) is 14.7. The second-order valence-electron chi connectivity index (χ2n) is 5.91. The van der Waals surface area contributed by atoms with Gasteiger partial charge in [-0.15, -0.1) is 11.8 Å². The Hall–Kier alpha value is -1.18. The summed E-state index contributed by atoms with van der Waals surface area (Å²) in [4.78, 5) is 3.64. The fraction of sp³-hybridized carbons (Fsp3) is 0.588. The van der Waals surface area contributed by atoms with E-state index in [9.17, 15) is 5.26 Å². The zero-order valence-electron chi connectivity index (χ0n) is 12.8. The summed E-state index contributed by atoms with van der Waals surface area (Å²) in [5.41, 5.74) is 2.02. The van der Waals surface area contributed by atoms with Gasteiger partial charge in [0.25, 0.3) is 0 Å². The number of nitrogens with zero attached hydrogens (tertiary/aromatic N) is 2. The highest BCUT2D eigenvalue weighted by Gasteiger charge is 2.43. The summed E-state index contributed by atoms with van der Waals surface area (Å²) in [6.07, 6.45) is 1.15. The van der Waals surface area contributed by atoms with Crippen LogP contribution in [-0.4, -0.2) is 31.4 Å². The van der Waals surface area contributed by atoms with Crippen molar-refractivity contribution in [1.29, 1.82) is 5.26 Å². The first-order valence-electron chi connectivity index (χ1n) is 7.93. The Morgan fingerprint density at radius 2 is 2.24 bits per heavy atom. The van der Waals surface area contributed by atoms with Gasteiger partial charge in [0.05, 0.1) is 11.3 Å². The van der Waals surface area contributed by atoms with E-state index in [0.717, 1.165) is 59.8 Å². The first-order chi connectivity index (χ1) is 10.3. The number of nitriles is 1. The predicted octanol–water partition coefficient (Wildman–Crippen LogP) is 3.10. The van der Waals surface area contributed by atoms with Crippen LogP contribution in [0.1, 0.15) is 25.8 Å². The summed E-state index contributed by atoms with van der Waals surface area (Å²) in [6, 6.07) is 9.34. The number of hydrogen-bond acceptors (Lipinski definition) is 4. The molecular weight excluding hydrogens is 278 g/mol. The SMILES string of the molecule is CCSc1cccc(N2CC3CNCC3C2CC)c1C#N. The van der Waals surface area contributed by atoms with Gasteiger partial charge in [-0.3, -0.25) is 0 Å². The highest BCUT2D eigenvalue weighted by atomic mass is 32.2. The summed E-state index contributed by atoms with van der Waals surface area (Å²) < 4.78 is 0. The number of hydrogen-bond donors (Lipinski definition) is 1. The second-order valence-corrected chi connectivity index (χ2v) is 7.21. The van der Waals surface area contributed by atoms with Crippen molar-refractivity contribution >= 4 is 17.4 Å². The normalized spacial score (nSPS) is 27.7. The number of thioether (sulfide) groups is 1. The van der Waals surface area contributed by atoms with Crippen LogP contribution in [0.15, 0.2) is 23.1 Å². The van der Waals surface area contributed by atoms with E-state index in [1.807, 2.05) is 0 Å². The average Bonchev–Trinajstić information content (AvgIpc) is 3.07. The molecule has 2 saturated heterocycles. The topological polar surface area (TPSA) is 39.1 Å². The highest BCUT2D eigenvalue weighted by molar-refractivity contribution is 7.99. The molecule has 3 atom stereocenters. The van der Waals surface area contributed by atoms with Crippen LogP contribution >= 0.6 is 11.8 Å². The van der Waals surface area contributed by atoms with Crippen LogP contribution in [0, 0.1) is 23.2 Å². The molecule has 0 aromatic heterocycles. The van der Waals surface area contributed by atoms with Gasteiger partial charge in [0.2, 0.25) is 0 Å². The molecule has 3 rings (SSSR count). The summed E-state index contributed by atoms with van der Waals surface area (Å²) in [6.45, 7) is 7.76. The lowest BCUT2D eigenvalue weighted by molar-refractivity contribution is 0.442. The van der Waals surface area contributed by atoms with Crippen LogP contribution in [0.3, 0.4) is 0 Å². The van der Waals surface area contributed by atoms with Crippen molar-refractivity contribution in [1.82, 2.24) is 5.32 Å². The van der Waals surface area contributed by atoms with Crippen molar-refractivity contribution < 1.29 is 0 Å². The molecule has 2 aliphatic heterocycles. The van der Waals surface area contributed by atoms with E-state index in [1.54, 1.807) is 11.8 Å². The summed E-state index contributed by atoms with van der Waals surface area (Å²) >= 11 is 1.77. The number of fused-ring (bicyclic) bond motifs is 1. The Kier molecular flexibility index (Phi) is 4.42. The van der Waals surface area contributed by atoms with Crippen LogP contribution in [0.25, 0.3) is 0 Å². The Morgan fingerprint density at radius 3 is 2.95 bits per heavy atom. The van der Waals surface area contributed by atoms with Crippen LogP contribution in [0.4, 0.5) is 5.69 Å². The lowest BCUT2D eigenvalue weighted by Gasteiger charge is -2.30. The zero-order chi connectivity index (χ0) is 14.8. The van der Waals surface area contributed by atoms with Crippen molar-refractivity contribution in [2.75, 3.05) is 30.3 Å². The van der Waals surface area contributed by atoms with E-state index in [1.165, 1.54) is 0 Å². The van der Waals surface area contributed by atoms with Crippen molar-refractivity contribution in [3.8, 4) is 6.07 Å². The quantitative estimate of drug-likeness (QED) is 0.867. The monoisotopic (exact) mass is 301 g/mol. The van der Waals surface area contributed by atoms with Gasteiger partial charge in [0.15, 0.2) is 0 Å². The smallest absolute Gasteiger partial charge is 0.103 e. The molecule has 3 unspecified atom stereocenters. The minimum absolute atomic E-state index is 0.568. The van der Waals surface area contributed by atoms with Crippen LogP contribution in [0.5, 0.6) is 0 Å². The lowest BCUT2D eigenvalue weighted by Crippen LogP contribution is -2.35. The maximum atomic E-state index is 9.65.